The maximum Gasteiger partial charge on any atom is 0.405 e. The van der Waals surface area contributed by atoms with Crippen molar-refractivity contribution in [2.45, 2.75) is 50.4 Å². The minimum atomic E-state index is -5.59. The lowest BCUT2D eigenvalue weighted by Crippen LogP contribution is -2.43. The Morgan fingerprint density at radius 1 is 1.33 bits per heavy atom. The van der Waals surface area contributed by atoms with Gasteiger partial charge in [0.25, 0.3) is 0 Å². The van der Waals surface area contributed by atoms with E-state index in [1.165, 1.54) is 0 Å². The molecule has 106 valence electrons. The van der Waals surface area contributed by atoms with Gasteiger partial charge in [-0.2, -0.15) is 17.2 Å². The predicted octanol–water partition coefficient (Wildman–Crippen LogP) is 1.98. The van der Waals surface area contributed by atoms with Crippen molar-refractivity contribution >= 4 is 16.1 Å². The van der Waals surface area contributed by atoms with Crippen LogP contribution in [0.15, 0.2) is 0 Å². The lowest BCUT2D eigenvalue weighted by molar-refractivity contribution is -0.165. The number of halogens is 2. The highest BCUT2D eigenvalue weighted by atomic mass is 32.2. The van der Waals surface area contributed by atoms with Gasteiger partial charge in [-0.15, -0.1) is 0 Å². The van der Waals surface area contributed by atoms with Gasteiger partial charge >= 0.3 is 21.3 Å². The van der Waals surface area contributed by atoms with E-state index < -0.39 is 33.4 Å². The Bertz CT molecular complexity index is 400. The molecule has 1 unspecified atom stereocenters. The lowest BCUT2D eigenvalue weighted by atomic mass is 9.89. The van der Waals surface area contributed by atoms with Crippen LogP contribution in [0.25, 0.3) is 0 Å². The molecule has 0 aromatic carbocycles. The van der Waals surface area contributed by atoms with Crippen LogP contribution in [0, 0.1) is 5.92 Å². The van der Waals surface area contributed by atoms with E-state index in [2.05, 4.69) is 4.74 Å². The third-order valence-electron chi connectivity index (χ3n) is 3.05. The standard InChI is InChI=1S/C10H16F2O5S/c1-7(10(11,12)18(14,15)16)17-9(13)8-5-3-2-4-6-8/h7-8H,2-6H2,1H3,(H,14,15,16). The summed E-state index contributed by atoms with van der Waals surface area (Å²) in [6, 6.07) is 0. The minimum Gasteiger partial charge on any atom is -0.455 e. The molecule has 1 aliphatic carbocycles. The Labute approximate surface area is 104 Å². The first kappa shape index (κ1) is 15.3. The molecule has 0 aliphatic heterocycles. The molecule has 0 spiro atoms. The first-order valence-corrected chi connectivity index (χ1v) is 7.15. The highest BCUT2D eigenvalue weighted by Gasteiger charge is 2.52. The number of carbonyl (C=O) groups excluding carboxylic acids is 1. The molecule has 0 aromatic heterocycles. The number of hydrogen-bond donors (Lipinski definition) is 1. The van der Waals surface area contributed by atoms with Crippen molar-refractivity contribution in [1.29, 1.82) is 0 Å². The molecule has 0 bridgehead atoms. The van der Waals surface area contributed by atoms with E-state index in [1.54, 1.807) is 0 Å². The fourth-order valence-electron chi connectivity index (χ4n) is 1.89. The van der Waals surface area contributed by atoms with E-state index in [4.69, 9.17) is 4.55 Å². The Balaban J connectivity index is 2.64. The van der Waals surface area contributed by atoms with Gasteiger partial charge in [0.05, 0.1) is 5.92 Å². The van der Waals surface area contributed by atoms with Gasteiger partial charge in [-0.05, 0) is 19.8 Å². The van der Waals surface area contributed by atoms with Crippen LogP contribution in [-0.4, -0.2) is 30.3 Å². The second-order valence-electron chi connectivity index (χ2n) is 4.45. The van der Waals surface area contributed by atoms with E-state index in [0.29, 0.717) is 12.8 Å². The largest absolute Gasteiger partial charge is 0.455 e. The Kier molecular flexibility index (Phi) is 4.66. The monoisotopic (exact) mass is 286 g/mol. The lowest BCUT2D eigenvalue weighted by Gasteiger charge is -2.25. The van der Waals surface area contributed by atoms with E-state index in [9.17, 15) is 22.0 Å². The van der Waals surface area contributed by atoms with Crippen molar-refractivity contribution in [2.24, 2.45) is 5.92 Å². The summed E-state index contributed by atoms with van der Waals surface area (Å²) in [6.07, 6.45) is 1.54. The third kappa shape index (κ3) is 3.38. The van der Waals surface area contributed by atoms with Gasteiger partial charge in [0.1, 0.15) is 0 Å². The van der Waals surface area contributed by atoms with Crippen LogP contribution in [0.3, 0.4) is 0 Å². The zero-order valence-electron chi connectivity index (χ0n) is 9.93. The number of hydrogen-bond acceptors (Lipinski definition) is 4. The summed E-state index contributed by atoms with van der Waals surface area (Å²) in [5, 5.41) is -4.49. The molecule has 1 N–H and O–H groups in total. The average molecular weight is 286 g/mol. The smallest absolute Gasteiger partial charge is 0.405 e. The molecule has 0 saturated heterocycles. The molecule has 1 aliphatic rings. The summed E-state index contributed by atoms with van der Waals surface area (Å²) in [7, 11) is -5.59. The molecule has 18 heavy (non-hydrogen) atoms. The van der Waals surface area contributed by atoms with Crippen molar-refractivity contribution < 1.29 is 31.3 Å². The number of ether oxygens (including phenoxy) is 1. The fourth-order valence-corrected chi connectivity index (χ4v) is 2.35. The van der Waals surface area contributed by atoms with Gasteiger partial charge < -0.3 is 4.74 Å². The Morgan fingerprint density at radius 2 is 1.83 bits per heavy atom. The SMILES string of the molecule is CC(OC(=O)C1CCCCC1)C(F)(F)S(=O)(=O)O. The number of carbonyl (C=O) groups is 1. The van der Waals surface area contributed by atoms with Crippen molar-refractivity contribution in [2.75, 3.05) is 0 Å². The molecule has 1 atom stereocenters. The topological polar surface area (TPSA) is 80.7 Å². The first-order chi connectivity index (χ1) is 8.16. The number of rotatable bonds is 4. The zero-order chi connectivity index (χ0) is 14.0. The molecular weight excluding hydrogens is 270 g/mol. The van der Waals surface area contributed by atoms with Gasteiger partial charge in [0.2, 0.25) is 0 Å². The average Bonchev–Trinajstić information content (AvgIpc) is 2.28. The van der Waals surface area contributed by atoms with Gasteiger partial charge in [-0.25, -0.2) is 0 Å². The molecule has 1 fully saturated rings. The summed E-state index contributed by atoms with van der Waals surface area (Å²) in [4.78, 5) is 11.6. The molecule has 0 heterocycles. The summed E-state index contributed by atoms with van der Waals surface area (Å²) < 4.78 is 60.0. The van der Waals surface area contributed by atoms with Crippen LogP contribution in [0.1, 0.15) is 39.0 Å². The summed E-state index contributed by atoms with van der Waals surface area (Å²) in [5.41, 5.74) is 0. The second-order valence-corrected chi connectivity index (χ2v) is 5.95. The van der Waals surface area contributed by atoms with Gasteiger partial charge in [-0.1, -0.05) is 19.3 Å². The number of alkyl halides is 2. The minimum absolute atomic E-state index is 0.460. The van der Waals surface area contributed by atoms with Crippen LogP contribution in [-0.2, 0) is 19.6 Å². The Hall–Kier alpha value is -0.760. The molecule has 1 saturated carbocycles. The highest BCUT2D eigenvalue weighted by Crippen LogP contribution is 2.30. The highest BCUT2D eigenvalue weighted by molar-refractivity contribution is 7.86. The van der Waals surface area contributed by atoms with Crippen LogP contribution in [0.5, 0.6) is 0 Å². The molecule has 0 amide bonds. The van der Waals surface area contributed by atoms with Crippen LogP contribution in [0.4, 0.5) is 8.78 Å². The van der Waals surface area contributed by atoms with Crippen LogP contribution >= 0.6 is 0 Å². The molecule has 0 aromatic rings. The van der Waals surface area contributed by atoms with Gasteiger partial charge in [0, 0.05) is 0 Å². The first-order valence-electron chi connectivity index (χ1n) is 5.71. The van der Waals surface area contributed by atoms with Crippen molar-refractivity contribution in [3.05, 3.63) is 0 Å². The normalized spacial score (nSPS) is 20.4. The molecule has 8 heteroatoms. The summed E-state index contributed by atoms with van der Waals surface area (Å²) in [5.74, 6) is -1.29. The fraction of sp³-hybridized carbons (Fsp3) is 0.900. The zero-order valence-corrected chi connectivity index (χ0v) is 10.8. The van der Waals surface area contributed by atoms with Crippen LogP contribution in [0.2, 0.25) is 0 Å². The van der Waals surface area contributed by atoms with E-state index in [1.807, 2.05) is 0 Å². The molecule has 1 rings (SSSR count). The van der Waals surface area contributed by atoms with Crippen molar-refractivity contribution in [1.82, 2.24) is 0 Å². The maximum absolute atomic E-state index is 13.1. The Morgan fingerprint density at radius 3 is 2.28 bits per heavy atom. The third-order valence-corrected chi connectivity index (χ3v) is 4.07. The molecule has 5 nitrogen and oxygen atoms in total. The van der Waals surface area contributed by atoms with E-state index in [-0.39, 0.29) is 0 Å². The van der Waals surface area contributed by atoms with Crippen molar-refractivity contribution in [3.63, 3.8) is 0 Å². The maximum atomic E-state index is 13.1. The summed E-state index contributed by atoms with van der Waals surface area (Å²) >= 11 is 0. The predicted molar refractivity (Wildman–Crippen MR) is 58.6 cm³/mol. The van der Waals surface area contributed by atoms with E-state index in [0.717, 1.165) is 26.2 Å². The van der Waals surface area contributed by atoms with Crippen LogP contribution < -0.4 is 0 Å². The second kappa shape index (κ2) is 5.48. The van der Waals surface area contributed by atoms with Crippen molar-refractivity contribution in [3.8, 4) is 0 Å². The van der Waals surface area contributed by atoms with Gasteiger partial charge in [0.15, 0.2) is 6.10 Å². The quantitative estimate of drug-likeness (QED) is 0.631. The van der Waals surface area contributed by atoms with Gasteiger partial charge in [-0.3, -0.25) is 9.35 Å². The van der Waals surface area contributed by atoms with E-state index >= 15 is 0 Å². The molecular formula is C10H16F2O5S. The summed E-state index contributed by atoms with van der Waals surface area (Å²) in [6.45, 7) is 0.745. The molecule has 0 radical (unpaired) electrons. The number of esters is 1.